The number of thiazole rings is 1. The molecule has 0 aliphatic carbocycles. The Morgan fingerprint density at radius 3 is 2.19 bits per heavy atom. The van der Waals surface area contributed by atoms with Crippen molar-refractivity contribution in [3.8, 4) is 12.0 Å². The molecule has 0 saturated heterocycles. The Kier molecular flexibility index (Phi) is 12.1. The van der Waals surface area contributed by atoms with Crippen LogP contribution in [0.2, 0.25) is 0 Å². The number of carbonyl (C=O) groups excluding carboxylic acids is 3. The van der Waals surface area contributed by atoms with E-state index in [1.54, 1.807) is 36.4 Å². The third-order valence-electron chi connectivity index (χ3n) is 9.42. The highest BCUT2D eigenvalue weighted by molar-refractivity contribution is 7.22. The molecule has 0 atom stereocenters. The zero-order valence-corrected chi connectivity index (χ0v) is 32.3. The van der Waals surface area contributed by atoms with Gasteiger partial charge in [-0.25, -0.2) is 4.98 Å². The summed E-state index contributed by atoms with van der Waals surface area (Å²) in [6.45, 7) is 3.84. The maximum absolute atomic E-state index is 12.9. The van der Waals surface area contributed by atoms with E-state index in [0.717, 1.165) is 59.6 Å². The minimum atomic E-state index is -0.244. The summed E-state index contributed by atoms with van der Waals surface area (Å²) in [4.78, 5) is 55.8. The van der Waals surface area contributed by atoms with E-state index in [2.05, 4.69) is 42.8 Å². The Balaban J connectivity index is 0.807. The Morgan fingerprint density at radius 2 is 1.44 bits per heavy atom. The van der Waals surface area contributed by atoms with E-state index in [0.29, 0.717) is 58.2 Å². The summed E-state index contributed by atoms with van der Waals surface area (Å²) in [5.41, 5.74) is 9.85. The first-order valence-electron chi connectivity index (χ1n) is 19.0. The largest absolute Gasteiger partial charge is 0.480 e. The second-order valence-electron chi connectivity index (χ2n) is 13.6. The fourth-order valence-corrected chi connectivity index (χ4v) is 7.18. The number of ether oxygens (including phenoxy) is 1. The van der Waals surface area contributed by atoms with E-state index in [-0.39, 0.29) is 42.1 Å². The van der Waals surface area contributed by atoms with E-state index in [1.165, 1.54) is 15.9 Å². The molecule has 7 rings (SSSR count). The van der Waals surface area contributed by atoms with Crippen LogP contribution in [0.15, 0.2) is 84.9 Å². The van der Waals surface area contributed by atoms with E-state index >= 15 is 0 Å². The summed E-state index contributed by atoms with van der Waals surface area (Å²) in [5, 5.41) is 21.9. The van der Waals surface area contributed by atoms with Gasteiger partial charge in [0.15, 0.2) is 22.1 Å². The zero-order chi connectivity index (χ0) is 39.7. The number of carbonyl (C=O) groups is 3. The van der Waals surface area contributed by atoms with Gasteiger partial charge in [-0.15, -0.1) is 0 Å². The van der Waals surface area contributed by atoms with E-state index in [1.807, 2.05) is 48.5 Å². The standard InChI is InChI=1S/C42H43N9O5S/c1-2-3-22-56-40-48-35(43)34-36(49-40)51(42(55)47-34)25-26-12-14-28(15-13-26)37(52)44-20-8-4-5-9-21-45-38(53)31-18-19-32-33(24-31)57-41(46-32)50-39(54)30-17-16-27-10-6-7-11-29(27)23-30/h6-7,10-19,23-24H,2-5,8-9,20-22,25H2,1H3,(H,44,52)(H,45,53)(H,47,55)(H2,43,48,49)(H,46,50,54). The number of nitrogens with one attached hydrogen (secondary N) is 3. The lowest BCUT2D eigenvalue weighted by atomic mass is 10.1. The van der Waals surface area contributed by atoms with E-state index in [4.69, 9.17) is 10.5 Å². The molecule has 0 bridgehead atoms. The van der Waals surface area contributed by atoms with Crippen LogP contribution in [0.4, 0.5) is 10.9 Å². The number of fused-ring (bicyclic) bond motifs is 3. The number of anilines is 2. The number of hydrogen-bond acceptors (Lipinski definition) is 11. The molecule has 14 nitrogen and oxygen atoms in total. The van der Waals surface area contributed by atoms with Crippen molar-refractivity contribution in [3.63, 3.8) is 0 Å². The molecule has 0 fully saturated rings. The fraction of sp³-hybridized carbons (Fsp3) is 0.262. The van der Waals surface area contributed by atoms with Gasteiger partial charge >= 0.3 is 6.01 Å². The van der Waals surface area contributed by atoms with Crippen LogP contribution in [-0.2, 0) is 6.54 Å². The van der Waals surface area contributed by atoms with Crippen molar-refractivity contribution in [2.24, 2.45) is 0 Å². The lowest BCUT2D eigenvalue weighted by molar-refractivity contribution is 0.0943. The molecule has 57 heavy (non-hydrogen) atoms. The highest BCUT2D eigenvalue weighted by atomic mass is 32.1. The number of nitrogen functional groups attached to an aromatic ring is 1. The summed E-state index contributed by atoms with van der Waals surface area (Å²) in [6.07, 6.45) is 5.23. The number of nitrogens with two attached hydrogens (primary N) is 1. The molecule has 7 aromatic rings. The molecule has 0 aliphatic heterocycles. The SMILES string of the molecule is CCCCOc1nc(N)c2nc(O)n(Cc3ccc(C(=O)NCCCCCCNC(=O)c4ccc5nc(NC(=O)c6ccc7ccccc7c6)sc5c4)cc3)c2n1. The van der Waals surface area contributed by atoms with Gasteiger partial charge in [-0.3, -0.25) is 24.3 Å². The summed E-state index contributed by atoms with van der Waals surface area (Å²) >= 11 is 1.32. The molecule has 0 saturated carbocycles. The maximum Gasteiger partial charge on any atom is 0.320 e. The number of nitrogens with zero attached hydrogens (tertiary/aromatic N) is 5. The highest BCUT2D eigenvalue weighted by Crippen LogP contribution is 2.28. The van der Waals surface area contributed by atoms with Crippen LogP contribution in [0.25, 0.3) is 32.2 Å². The number of imidazole rings is 1. The number of aromatic nitrogens is 5. The normalized spacial score (nSPS) is 11.2. The number of amides is 3. The number of unbranched alkanes of at least 4 members (excludes halogenated alkanes) is 4. The Morgan fingerprint density at radius 1 is 0.754 bits per heavy atom. The van der Waals surface area contributed by atoms with Gasteiger partial charge in [0.25, 0.3) is 23.7 Å². The predicted molar refractivity (Wildman–Crippen MR) is 222 cm³/mol. The molecule has 292 valence electrons. The van der Waals surface area contributed by atoms with E-state index < -0.39 is 0 Å². The monoisotopic (exact) mass is 785 g/mol. The van der Waals surface area contributed by atoms with Gasteiger partial charge in [0.2, 0.25) is 0 Å². The molecule has 3 heterocycles. The van der Waals surface area contributed by atoms with Crippen LogP contribution in [0, 0.1) is 0 Å². The van der Waals surface area contributed by atoms with Gasteiger partial charge in [0.1, 0.15) is 0 Å². The molecule has 15 heteroatoms. The summed E-state index contributed by atoms with van der Waals surface area (Å²) in [7, 11) is 0. The summed E-state index contributed by atoms with van der Waals surface area (Å²) < 4.78 is 7.95. The molecule has 4 aromatic carbocycles. The van der Waals surface area contributed by atoms with Gasteiger partial charge in [-0.05, 0) is 78.1 Å². The number of hydrogen-bond donors (Lipinski definition) is 5. The van der Waals surface area contributed by atoms with Crippen LogP contribution in [0.1, 0.15) is 82.1 Å². The van der Waals surface area contributed by atoms with Crippen LogP contribution in [0.5, 0.6) is 12.0 Å². The lowest BCUT2D eigenvalue weighted by Crippen LogP contribution is -2.25. The minimum absolute atomic E-state index is 0.124. The van der Waals surface area contributed by atoms with Crippen LogP contribution in [0.3, 0.4) is 0 Å². The Labute approximate surface area is 332 Å². The van der Waals surface area contributed by atoms with Crippen molar-refractivity contribution in [3.05, 3.63) is 107 Å². The van der Waals surface area contributed by atoms with Gasteiger partial charge < -0.3 is 26.2 Å². The number of rotatable bonds is 17. The molecular formula is C42H43N9O5S. The quantitative estimate of drug-likeness (QED) is 0.0595. The molecular weight excluding hydrogens is 743 g/mol. The molecule has 0 unspecified atom stereocenters. The average Bonchev–Trinajstić information content (AvgIpc) is 3.77. The molecule has 3 amide bonds. The van der Waals surface area contributed by atoms with Crippen LogP contribution < -0.4 is 26.4 Å². The van der Waals surface area contributed by atoms with Crippen molar-refractivity contribution < 1.29 is 24.2 Å². The Hall–Kier alpha value is -6.61. The third kappa shape index (κ3) is 9.44. The zero-order valence-electron chi connectivity index (χ0n) is 31.5. The fourth-order valence-electron chi connectivity index (χ4n) is 6.28. The van der Waals surface area contributed by atoms with Crippen LogP contribution in [-0.4, -0.2) is 67.0 Å². The lowest BCUT2D eigenvalue weighted by Gasteiger charge is -2.09. The van der Waals surface area contributed by atoms with Crippen LogP contribution >= 0.6 is 11.3 Å². The van der Waals surface area contributed by atoms with Crippen molar-refractivity contribution >= 4 is 72.2 Å². The number of aromatic hydroxyl groups is 1. The molecule has 0 spiro atoms. The summed E-state index contributed by atoms with van der Waals surface area (Å²) in [5.74, 6) is -0.451. The minimum Gasteiger partial charge on any atom is -0.480 e. The molecule has 0 radical (unpaired) electrons. The van der Waals surface area contributed by atoms with Crippen molar-refractivity contribution in [1.29, 1.82) is 0 Å². The molecule has 0 aliphatic rings. The second kappa shape index (κ2) is 17.9. The average molecular weight is 786 g/mol. The van der Waals surface area contributed by atoms with Gasteiger partial charge in [0.05, 0.1) is 23.4 Å². The first-order valence-corrected chi connectivity index (χ1v) is 19.8. The first kappa shape index (κ1) is 38.7. The van der Waals surface area contributed by atoms with Crippen molar-refractivity contribution in [2.75, 3.05) is 30.7 Å². The highest BCUT2D eigenvalue weighted by Gasteiger charge is 2.18. The third-order valence-corrected chi connectivity index (χ3v) is 10.4. The Bertz CT molecular complexity index is 2550. The maximum atomic E-state index is 12.9. The first-order chi connectivity index (χ1) is 27.7. The van der Waals surface area contributed by atoms with Gasteiger partial charge in [-0.1, -0.05) is 80.0 Å². The van der Waals surface area contributed by atoms with Gasteiger partial charge in [0, 0.05) is 29.8 Å². The van der Waals surface area contributed by atoms with Gasteiger partial charge in [-0.2, -0.15) is 15.0 Å². The van der Waals surface area contributed by atoms with Crippen molar-refractivity contribution in [2.45, 2.75) is 52.0 Å². The van der Waals surface area contributed by atoms with E-state index in [9.17, 15) is 19.5 Å². The summed E-state index contributed by atoms with van der Waals surface area (Å²) in [6, 6.07) is 25.8. The van der Waals surface area contributed by atoms with Crippen molar-refractivity contribution in [1.82, 2.24) is 35.1 Å². The molecule has 6 N–H and O–H groups in total. The smallest absolute Gasteiger partial charge is 0.320 e. The topological polar surface area (TPSA) is 199 Å². The predicted octanol–water partition coefficient (Wildman–Crippen LogP) is 7.08. The molecule has 3 aromatic heterocycles. The second-order valence-corrected chi connectivity index (χ2v) is 14.6. The number of benzene rings is 4.